The van der Waals surface area contributed by atoms with Crippen molar-refractivity contribution in [2.45, 2.75) is 39.7 Å². The molecular weight excluding hydrogens is 236 g/mol. The van der Waals surface area contributed by atoms with Gasteiger partial charge >= 0.3 is 5.97 Å². The summed E-state index contributed by atoms with van der Waals surface area (Å²) in [7, 11) is 0. The van der Waals surface area contributed by atoms with Crippen molar-refractivity contribution in [2.75, 3.05) is 0 Å². The number of hydrogen-bond donors (Lipinski definition) is 0. The molecule has 0 N–H and O–H groups in total. The van der Waals surface area contributed by atoms with Gasteiger partial charge in [0.25, 0.3) is 0 Å². The van der Waals surface area contributed by atoms with Gasteiger partial charge in [0, 0.05) is 5.02 Å². The summed E-state index contributed by atoms with van der Waals surface area (Å²) in [5.41, 5.74) is 0.954. The minimum absolute atomic E-state index is 0.0870. The lowest BCUT2D eigenvalue weighted by Gasteiger charge is -2.21. The summed E-state index contributed by atoms with van der Waals surface area (Å²) >= 11 is 5.84. The average molecular weight is 255 g/mol. The van der Waals surface area contributed by atoms with Crippen LogP contribution >= 0.6 is 11.6 Å². The van der Waals surface area contributed by atoms with Gasteiger partial charge < -0.3 is 4.74 Å². The van der Waals surface area contributed by atoms with Crippen molar-refractivity contribution >= 4 is 17.6 Å². The number of hydrogen-bond acceptors (Lipinski definition) is 2. The number of benzene rings is 1. The molecule has 0 aliphatic carbocycles. The van der Waals surface area contributed by atoms with E-state index < -0.39 is 0 Å². The van der Waals surface area contributed by atoms with Crippen LogP contribution in [-0.4, -0.2) is 12.1 Å². The maximum Gasteiger partial charge on any atom is 0.313 e. The minimum atomic E-state index is -0.227. The standard InChI is InChI=1S/C14H19ClO2/c1-9(2)13(14(16)17-10(3)4)11-5-7-12(15)8-6-11/h5-10,13H,1-4H3/t13-/m0/s1. The van der Waals surface area contributed by atoms with Gasteiger partial charge in [0.2, 0.25) is 0 Å². The molecule has 0 spiro atoms. The van der Waals surface area contributed by atoms with Crippen LogP contribution in [0.5, 0.6) is 0 Å². The van der Waals surface area contributed by atoms with Gasteiger partial charge in [0.05, 0.1) is 12.0 Å². The second-order valence-electron chi connectivity index (χ2n) is 4.76. The molecule has 0 aliphatic rings. The van der Waals surface area contributed by atoms with Gasteiger partial charge in [-0.25, -0.2) is 0 Å². The number of esters is 1. The van der Waals surface area contributed by atoms with E-state index in [1.807, 2.05) is 39.8 Å². The zero-order chi connectivity index (χ0) is 13.0. The molecule has 1 atom stereocenters. The normalized spacial score (nSPS) is 12.9. The highest BCUT2D eigenvalue weighted by molar-refractivity contribution is 6.30. The fourth-order valence-corrected chi connectivity index (χ4v) is 1.89. The molecule has 0 bridgehead atoms. The molecule has 0 saturated carbocycles. The molecular formula is C14H19ClO2. The Balaban J connectivity index is 2.93. The van der Waals surface area contributed by atoms with Gasteiger partial charge in [0.1, 0.15) is 0 Å². The van der Waals surface area contributed by atoms with E-state index in [1.54, 1.807) is 12.1 Å². The first-order chi connectivity index (χ1) is 7.91. The monoisotopic (exact) mass is 254 g/mol. The van der Waals surface area contributed by atoms with E-state index in [0.717, 1.165) is 5.56 Å². The summed E-state index contributed by atoms with van der Waals surface area (Å²) in [4.78, 5) is 12.0. The molecule has 2 nitrogen and oxygen atoms in total. The number of ether oxygens (including phenoxy) is 1. The van der Waals surface area contributed by atoms with Crippen LogP contribution in [0.1, 0.15) is 39.2 Å². The van der Waals surface area contributed by atoms with Crippen LogP contribution in [0.15, 0.2) is 24.3 Å². The second kappa shape index (κ2) is 6.06. The number of halogens is 1. The van der Waals surface area contributed by atoms with E-state index >= 15 is 0 Å². The van der Waals surface area contributed by atoms with Gasteiger partial charge in [-0.1, -0.05) is 37.6 Å². The maximum absolute atomic E-state index is 12.0. The fraction of sp³-hybridized carbons (Fsp3) is 0.500. The minimum Gasteiger partial charge on any atom is -0.462 e. The smallest absolute Gasteiger partial charge is 0.313 e. The van der Waals surface area contributed by atoms with Crippen LogP contribution in [0.4, 0.5) is 0 Å². The van der Waals surface area contributed by atoms with Crippen molar-refractivity contribution in [3.63, 3.8) is 0 Å². The quantitative estimate of drug-likeness (QED) is 0.759. The first-order valence-electron chi connectivity index (χ1n) is 5.87. The molecule has 0 aliphatic heterocycles. The maximum atomic E-state index is 12.0. The second-order valence-corrected chi connectivity index (χ2v) is 5.20. The summed E-state index contributed by atoms with van der Waals surface area (Å²) < 4.78 is 5.29. The van der Waals surface area contributed by atoms with E-state index in [9.17, 15) is 4.79 Å². The van der Waals surface area contributed by atoms with Crippen LogP contribution in [0, 0.1) is 5.92 Å². The molecule has 3 heteroatoms. The van der Waals surface area contributed by atoms with Crippen LogP contribution in [0.25, 0.3) is 0 Å². The Bertz CT molecular complexity index is 368. The lowest BCUT2D eigenvalue weighted by atomic mass is 9.88. The zero-order valence-electron chi connectivity index (χ0n) is 10.7. The number of carbonyl (C=O) groups is 1. The van der Waals surface area contributed by atoms with E-state index in [0.29, 0.717) is 5.02 Å². The Morgan fingerprint density at radius 3 is 2.06 bits per heavy atom. The Kier molecular flexibility index (Phi) is 5.01. The predicted octanol–water partition coefficient (Wildman–Crippen LogP) is 4.03. The van der Waals surface area contributed by atoms with Crippen molar-refractivity contribution in [1.29, 1.82) is 0 Å². The highest BCUT2D eigenvalue weighted by Gasteiger charge is 2.26. The van der Waals surface area contributed by atoms with E-state index in [-0.39, 0.29) is 23.9 Å². The van der Waals surface area contributed by atoms with Crippen LogP contribution < -0.4 is 0 Å². The Hall–Kier alpha value is -1.02. The molecule has 17 heavy (non-hydrogen) atoms. The molecule has 0 radical (unpaired) electrons. The van der Waals surface area contributed by atoms with Crippen molar-refractivity contribution in [3.8, 4) is 0 Å². The lowest BCUT2D eigenvalue weighted by molar-refractivity contribution is -0.150. The SMILES string of the molecule is CC(C)OC(=O)[C@H](c1ccc(Cl)cc1)C(C)C. The van der Waals surface area contributed by atoms with Crippen LogP contribution in [0.2, 0.25) is 5.02 Å². The molecule has 0 heterocycles. The Morgan fingerprint density at radius 1 is 1.12 bits per heavy atom. The lowest BCUT2D eigenvalue weighted by Crippen LogP contribution is -2.23. The third-order valence-corrected chi connectivity index (χ3v) is 2.75. The van der Waals surface area contributed by atoms with Crippen LogP contribution in [-0.2, 0) is 9.53 Å². The molecule has 94 valence electrons. The van der Waals surface area contributed by atoms with Crippen molar-refractivity contribution in [3.05, 3.63) is 34.9 Å². The molecule has 0 unspecified atom stereocenters. The summed E-state index contributed by atoms with van der Waals surface area (Å²) in [6.45, 7) is 7.75. The Morgan fingerprint density at radius 2 is 1.65 bits per heavy atom. The summed E-state index contributed by atoms with van der Waals surface area (Å²) in [6, 6.07) is 7.37. The highest BCUT2D eigenvalue weighted by Crippen LogP contribution is 2.27. The van der Waals surface area contributed by atoms with Gasteiger partial charge in [-0.3, -0.25) is 4.79 Å². The van der Waals surface area contributed by atoms with Crippen molar-refractivity contribution in [1.82, 2.24) is 0 Å². The van der Waals surface area contributed by atoms with Gasteiger partial charge in [-0.2, -0.15) is 0 Å². The van der Waals surface area contributed by atoms with E-state index in [4.69, 9.17) is 16.3 Å². The summed E-state index contributed by atoms with van der Waals surface area (Å²) in [6.07, 6.45) is -0.0870. The number of carbonyl (C=O) groups excluding carboxylic acids is 1. The fourth-order valence-electron chi connectivity index (χ4n) is 1.77. The van der Waals surface area contributed by atoms with Crippen molar-refractivity contribution in [2.24, 2.45) is 5.92 Å². The first kappa shape index (κ1) is 14.0. The molecule has 1 aromatic rings. The van der Waals surface area contributed by atoms with Gasteiger partial charge in [-0.15, -0.1) is 0 Å². The highest BCUT2D eigenvalue weighted by atomic mass is 35.5. The molecule has 0 fully saturated rings. The molecule has 0 amide bonds. The van der Waals surface area contributed by atoms with E-state index in [2.05, 4.69) is 0 Å². The molecule has 1 aromatic carbocycles. The third-order valence-electron chi connectivity index (χ3n) is 2.50. The molecule has 0 saturated heterocycles. The predicted molar refractivity (Wildman–Crippen MR) is 70.3 cm³/mol. The third kappa shape index (κ3) is 4.04. The number of rotatable bonds is 4. The molecule has 1 rings (SSSR count). The van der Waals surface area contributed by atoms with Crippen molar-refractivity contribution < 1.29 is 9.53 Å². The first-order valence-corrected chi connectivity index (χ1v) is 6.25. The summed E-state index contributed by atoms with van der Waals surface area (Å²) in [5, 5.41) is 0.675. The van der Waals surface area contributed by atoms with Crippen LogP contribution in [0.3, 0.4) is 0 Å². The molecule has 0 aromatic heterocycles. The van der Waals surface area contributed by atoms with Gasteiger partial charge in [-0.05, 0) is 37.5 Å². The average Bonchev–Trinajstić information content (AvgIpc) is 2.19. The summed E-state index contributed by atoms with van der Waals surface area (Å²) in [5.74, 6) is -0.200. The Labute approximate surface area is 108 Å². The topological polar surface area (TPSA) is 26.3 Å². The zero-order valence-corrected chi connectivity index (χ0v) is 11.5. The van der Waals surface area contributed by atoms with Gasteiger partial charge in [0.15, 0.2) is 0 Å². The largest absolute Gasteiger partial charge is 0.462 e. The van der Waals surface area contributed by atoms with E-state index in [1.165, 1.54) is 0 Å².